The molecule has 1 aliphatic rings. The Kier molecular flexibility index (Phi) is 5.96. The van der Waals surface area contributed by atoms with Gasteiger partial charge in [-0.25, -0.2) is 4.98 Å². The van der Waals surface area contributed by atoms with E-state index < -0.39 is 0 Å². The summed E-state index contributed by atoms with van der Waals surface area (Å²) in [5.41, 5.74) is 3.84. The number of methoxy groups -OCH3 is 1. The molecular formula is C25H26N6O4. The van der Waals surface area contributed by atoms with Gasteiger partial charge in [0.15, 0.2) is 0 Å². The van der Waals surface area contributed by atoms with E-state index in [4.69, 9.17) is 9.47 Å². The highest BCUT2D eigenvalue weighted by Crippen LogP contribution is 2.32. The molecule has 2 N–H and O–H groups in total. The monoisotopic (exact) mass is 474 g/mol. The number of nitrogens with one attached hydrogen (secondary N) is 2. The SMILES string of the molecule is COc1cc2[nH]c(=O)cc(C)c2cc1NC(=O)c1cc(-c2cnn(C)c2)cnc1N1CCOCC1. The fourth-order valence-electron chi connectivity index (χ4n) is 4.29. The first kappa shape index (κ1) is 22.6. The number of ether oxygens (including phenoxy) is 2. The van der Waals surface area contributed by atoms with Crippen LogP contribution < -0.4 is 20.5 Å². The van der Waals surface area contributed by atoms with Gasteiger partial charge in [0.25, 0.3) is 5.91 Å². The summed E-state index contributed by atoms with van der Waals surface area (Å²) in [4.78, 5) is 35.1. The van der Waals surface area contributed by atoms with Crippen molar-refractivity contribution in [2.75, 3.05) is 43.6 Å². The van der Waals surface area contributed by atoms with Gasteiger partial charge in [0.05, 0.1) is 43.3 Å². The van der Waals surface area contributed by atoms with Crippen LogP contribution in [0.3, 0.4) is 0 Å². The Morgan fingerprint density at radius 3 is 2.66 bits per heavy atom. The van der Waals surface area contributed by atoms with Gasteiger partial charge in [-0.05, 0) is 24.6 Å². The number of nitrogens with zero attached hydrogens (tertiary/aromatic N) is 4. The summed E-state index contributed by atoms with van der Waals surface area (Å²) in [6, 6.07) is 6.88. The Bertz CT molecular complexity index is 1470. The second-order valence-electron chi connectivity index (χ2n) is 8.47. The lowest BCUT2D eigenvalue weighted by Crippen LogP contribution is -2.38. The summed E-state index contributed by atoms with van der Waals surface area (Å²) >= 11 is 0. The zero-order chi connectivity index (χ0) is 24.5. The molecule has 0 saturated carbocycles. The van der Waals surface area contributed by atoms with E-state index in [2.05, 4.69) is 25.3 Å². The summed E-state index contributed by atoms with van der Waals surface area (Å²) < 4.78 is 12.7. The minimum absolute atomic E-state index is 0.192. The lowest BCUT2D eigenvalue weighted by atomic mass is 10.1. The van der Waals surface area contributed by atoms with Crippen molar-refractivity contribution in [3.63, 3.8) is 0 Å². The molecule has 4 aromatic rings. The quantitative estimate of drug-likeness (QED) is 0.457. The van der Waals surface area contributed by atoms with E-state index in [-0.39, 0.29) is 11.5 Å². The van der Waals surface area contributed by atoms with Gasteiger partial charge in [-0.3, -0.25) is 14.3 Å². The summed E-state index contributed by atoms with van der Waals surface area (Å²) in [6.45, 7) is 4.29. The first-order valence-corrected chi connectivity index (χ1v) is 11.3. The number of carbonyl (C=O) groups is 1. The number of pyridine rings is 2. The van der Waals surface area contributed by atoms with Crippen LogP contribution in [0.2, 0.25) is 0 Å². The van der Waals surface area contributed by atoms with Gasteiger partial charge in [-0.2, -0.15) is 5.10 Å². The van der Waals surface area contributed by atoms with Crippen LogP contribution in [0.15, 0.2) is 47.7 Å². The standard InChI is InChI=1S/C25H26N6O4/c1-15-8-23(32)28-20-11-22(34-3)21(10-18(15)20)29-25(33)19-9-16(17-13-27-30(2)14-17)12-26-24(19)31-4-6-35-7-5-31/h8-14H,4-7H2,1-3H3,(H,28,32)(H,29,33). The Morgan fingerprint density at radius 1 is 1.14 bits per heavy atom. The smallest absolute Gasteiger partial charge is 0.259 e. The van der Waals surface area contributed by atoms with Crippen molar-refractivity contribution < 1.29 is 14.3 Å². The van der Waals surface area contributed by atoms with Crippen molar-refractivity contribution >= 4 is 28.3 Å². The van der Waals surface area contributed by atoms with Crippen LogP contribution in [0.4, 0.5) is 11.5 Å². The molecular weight excluding hydrogens is 448 g/mol. The summed E-state index contributed by atoms with van der Waals surface area (Å²) in [6.07, 6.45) is 5.38. The topological polar surface area (TPSA) is 114 Å². The third kappa shape index (κ3) is 4.47. The van der Waals surface area contributed by atoms with Gasteiger partial charge >= 0.3 is 0 Å². The molecule has 0 aliphatic carbocycles. The number of hydrogen-bond acceptors (Lipinski definition) is 7. The van der Waals surface area contributed by atoms with Gasteiger partial charge in [-0.1, -0.05) is 0 Å². The average Bonchev–Trinajstić information content (AvgIpc) is 3.30. The molecule has 3 aromatic heterocycles. The third-order valence-corrected chi connectivity index (χ3v) is 6.08. The number of carbonyl (C=O) groups excluding carboxylic acids is 1. The molecule has 35 heavy (non-hydrogen) atoms. The van der Waals surface area contributed by atoms with Crippen LogP contribution in [0.25, 0.3) is 22.0 Å². The molecule has 0 unspecified atom stereocenters. The van der Waals surface area contributed by atoms with E-state index >= 15 is 0 Å². The molecule has 180 valence electrons. The molecule has 4 heterocycles. The molecule has 10 heteroatoms. The predicted molar refractivity (Wildman–Crippen MR) is 133 cm³/mol. The van der Waals surface area contributed by atoms with Gasteiger partial charge in [0.2, 0.25) is 5.56 Å². The van der Waals surface area contributed by atoms with Gasteiger partial charge in [0, 0.05) is 61.2 Å². The van der Waals surface area contributed by atoms with Gasteiger partial charge < -0.3 is 24.7 Å². The van der Waals surface area contributed by atoms with Crippen LogP contribution in [-0.4, -0.2) is 59.1 Å². The highest BCUT2D eigenvalue weighted by molar-refractivity contribution is 6.09. The first-order chi connectivity index (χ1) is 16.9. The molecule has 1 saturated heterocycles. The number of aryl methyl sites for hydroxylation is 2. The molecule has 0 atom stereocenters. The number of aromatic nitrogens is 4. The van der Waals surface area contributed by atoms with E-state index in [1.54, 1.807) is 23.1 Å². The number of rotatable bonds is 5. The minimum atomic E-state index is -0.315. The van der Waals surface area contributed by atoms with Crippen LogP contribution in [0.5, 0.6) is 5.75 Å². The molecule has 10 nitrogen and oxygen atoms in total. The van der Waals surface area contributed by atoms with E-state index in [1.807, 2.05) is 32.3 Å². The molecule has 0 radical (unpaired) electrons. The highest BCUT2D eigenvalue weighted by Gasteiger charge is 2.23. The third-order valence-electron chi connectivity index (χ3n) is 6.08. The van der Waals surface area contributed by atoms with Crippen LogP contribution in [0.1, 0.15) is 15.9 Å². The Labute approximate surface area is 201 Å². The van der Waals surface area contributed by atoms with Crippen molar-refractivity contribution in [3.05, 3.63) is 64.3 Å². The van der Waals surface area contributed by atoms with E-state index in [0.29, 0.717) is 54.6 Å². The van der Waals surface area contributed by atoms with Crippen LogP contribution in [-0.2, 0) is 11.8 Å². The zero-order valence-electron chi connectivity index (χ0n) is 19.8. The second kappa shape index (κ2) is 9.22. The Morgan fingerprint density at radius 2 is 1.94 bits per heavy atom. The number of amides is 1. The Balaban J connectivity index is 1.57. The van der Waals surface area contributed by atoms with Crippen molar-refractivity contribution in [2.24, 2.45) is 7.05 Å². The van der Waals surface area contributed by atoms with Crippen molar-refractivity contribution in [2.45, 2.75) is 6.92 Å². The molecule has 0 bridgehead atoms. The average molecular weight is 475 g/mol. The number of fused-ring (bicyclic) bond motifs is 1. The Hall–Kier alpha value is -4.18. The lowest BCUT2D eigenvalue weighted by molar-refractivity contribution is 0.102. The molecule has 1 fully saturated rings. The maximum Gasteiger partial charge on any atom is 0.259 e. The normalized spacial score (nSPS) is 13.7. The molecule has 0 spiro atoms. The van der Waals surface area contributed by atoms with E-state index in [0.717, 1.165) is 22.1 Å². The fourth-order valence-corrected chi connectivity index (χ4v) is 4.29. The number of aromatic amines is 1. The lowest BCUT2D eigenvalue weighted by Gasteiger charge is -2.29. The molecule has 5 rings (SSSR count). The van der Waals surface area contributed by atoms with Crippen molar-refractivity contribution in [1.82, 2.24) is 19.7 Å². The van der Waals surface area contributed by atoms with E-state index in [1.165, 1.54) is 13.2 Å². The minimum Gasteiger partial charge on any atom is -0.494 e. The number of H-pyrrole nitrogens is 1. The zero-order valence-corrected chi connectivity index (χ0v) is 19.8. The van der Waals surface area contributed by atoms with Gasteiger partial charge in [0.1, 0.15) is 11.6 Å². The van der Waals surface area contributed by atoms with Gasteiger partial charge in [-0.15, -0.1) is 0 Å². The second-order valence-corrected chi connectivity index (χ2v) is 8.47. The first-order valence-electron chi connectivity index (χ1n) is 11.3. The van der Waals surface area contributed by atoms with Crippen LogP contribution >= 0.6 is 0 Å². The molecule has 1 aromatic carbocycles. The van der Waals surface area contributed by atoms with Crippen molar-refractivity contribution in [3.8, 4) is 16.9 Å². The number of morpholine rings is 1. The maximum absolute atomic E-state index is 13.7. The number of hydrogen-bond donors (Lipinski definition) is 2. The van der Waals surface area contributed by atoms with Crippen LogP contribution in [0, 0.1) is 6.92 Å². The summed E-state index contributed by atoms with van der Waals surface area (Å²) in [5, 5.41) is 8.05. The fraction of sp³-hybridized carbons (Fsp3) is 0.280. The van der Waals surface area contributed by atoms with Crippen molar-refractivity contribution in [1.29, 1.82) is 0 Å². The summed E-state index contributed by atoms with van der Waals surface area (Å²) in [5.74, 6) is 0.722. The molecule has 1 aliphatic heterocycles. The number of benzene rings is 1. The predicted octanol–water partition coefficient (Wildman–Crippen LogP) is 2.73. The number of anilines is 2. The van der Waals surface area contributed by atoms with E-state index in [9.17, 15) is 9.59 Å². The summed E-state index contributed by atoms with van der Waals surface area (Å²) in [7, 11) is 3.36. The molecule has 1 amide bonds. The highest BCUT2D eigenvalue weighted by atomic mass is 16.5. The maximum atomic E-state index is 13.7. The largest absolute Gasteiger partial charge is 0.494 e.